The molecule has 0 radical (unpaired) electrons. The van der Waals surface area contributed by atoms with Crippen molar-refractivity contribution in [3.8, 4) is 0 Å². The van der Waals surface area contributed by atoms with Crippen molar-refractivity contribution >= 4 is 29.0 Å². The van der Waals surface area contributed by atoms with Gasteiger partial charge in [-0.15, -0.1) is 0 Å². The van der Waals surface area contributed by atoms with E-state index < -0.39 is 0 Å². The van der Waals surface area contributed by atoms with Gasteiger partial charge in [0.1, 0.15) is 0 Å². The predicted octanol–water partition coefficient (Wildman–Crippen LogP) is 5.40. The van der Waals surface area contributed by atoms with Gasteiger partial charge in [0, 0.05) is 34.4 Å². The van der Waals surface area contributed by atoms with Gasteiger partial charge >= 0.3 is 0 Å². The van der Waals surface area contributed by atoms with Crippen molar-refractivity contribution in [1.82, 2.24) is 10.3 Å². The fourth-order valence-corrected chi connectivity index (χ4v) is 3.94. The van der Waals surface area contributed by atoms with Gasteiger partial charge in [-0.3, -0.25) is 9.78 Å². The summed E-state index contributed by atoms with van der Waals surface area (Å²) >= 11 is 11.6. The molecule has 0 bridgehead atoms. The van der Waals surface area contributed by atoms with Crippen LogP contribution < -0.4 is 5.32 Å². The molecule has 168 valence electrons. The summed E-state index contributed by atoms with van der Waals surface area (Å²) in [4.78, 5) is 15.7. The van der Waals surface area contributed by atoms with E-state index in [0.29, 0.717) is 22.9 Å². The predicted molar refractivity (Wildman–Crippen MR) is 130 cm³/mol. The van der Waals surface area contributed by atoms with Crippen molar-refractivity contribution in [1.29, 1.82) is 0 Å². The van der Waals surface area contributed by atoms with Crippen LogP contribution in [0.25, 0.3) is 0 Å². The molecule has 2 heterocycles. The molecular formula is C26H28Cl2N2O2. The highest BCUT2D eigenvalue weighted by atomic mass is 35.5. The Labute approximate surface area is 199 Å². The number of piperidine rings is 1. The molecule has 1 aliphatic heterocycles. The Kier molecular flexibility index (Phi) is 9.69. The third-order valence-corrected chi connectivity index (χ3v) is 6.07. The van der Waals surface area contributed by atoms with Crippen molar-refractivity contribution in [3.63, 3.8) is 0 Å². The highest BCUT2D eigenvalue weighted by Crippen LogP contribution is 2.20. The quantitative estimate of drug-likeness (QED) is 0.473. The van der Waals surface area contributed by atoms with Crippen LogP contribution >= 0.6 is 23.2 Å². The zero-order chi connectivity index (χ0) is 22.8. The normalized spacial score (nSPS) is 14.8. The lowest BCUT2D eigenvalue weighted by molar-refractivity contribution is 0.0890. The first-order valence-corrected chi connectivity index (χ1v) is 11.6. The number of hydrogen-bond donors (Lipinski definition) is 2. The largest absolute Gasteiger partial charge is 0.392 e. The first-order valence-electron chi connectivity index (χ1n) is 10.8. The van der Waals surface area contributed by atoms with Gasteiger partial charge < -0.3 is 10.4 Å². The van der Waals surface area contributed by atoms with Crippen molar-refractivity contribution in [3.05, 3.63) is 99.8 Å². The lowest BCUT2D eigenvalue weighted by Crippen LogP contribution is -2.34. The Morgan fingerprint density at radius 2 is 1.44 bits per heavy atom. The maximum Gasteiger partial charge on any atom is 0.167 e. The third-order valence-electron chi connectivity index (χ3n) is 5.57. The van der Waals surface area contributed by atoms with Crippen LogP contribution in [0.5, 0.6) is 0 Å². The summed E-state index contributed by atoms with van der Waals surface area (Å²) in [5, 5.41) is 14.9. The number of aromatic nitrogens is 1. The highest BCUT2D eigenvalue weighted by Gasteiger charge is 2.21. The maximum atomic E-state index is 11.8. The van der Waals surface area contributed by atoms with Gasteiger partial charge in [0.05, 0.1) is 6.10 Å². The lowest BCUT2D eigenvalue weighted by atomic mass is 9.89. The fourth-order valence-electron chi connectivity index (χ4n) is 3.69. The Morgan fingerprint density at radius 1 is 0.906 bits per heavy atom. The van der Waals surface area contributed by atoms with Gasteiger partial charge in [0.2, 0.25) is 0 Å². The molecule has 0 saturated carbocycles. The molecule has 1 fully saturated rings. The molecule has 32 heavy (non-hydrogen) atoms. The number of carbonyl (C=O) groups is 1. The van der Waals surface area contributed by atoms with Gasteiger partial charge in [0.25, 0.3) is 0 Å². The molecule has 1 aromatic heterocycles. The lowest BCUT2D eigenvalue weighted by Gasteiger charge is -2.27. The molecule has 0 spiro atoms. The summed E-state index contributed by atoms with van der Waals surface area (Å²) in [6, 6.07) is 18.5. The minimum Gasteiger partial charge on any atom is -0.392 e. The molecular weight excluding hydrogens is 443 g/mol. The number of aliphatic hydroxyl groups excluding tert-OH is 1. The SMILES string of the molecule is O=C(Cc1ccc(Cl)cc1)c1ccncc1.OC(Cc1ccc(Cl)cc1)C1CCNCC1. The van der Waals surface area contributed by atoms with Gasteiger partial charge in [-0.25, -0.2) is 0 Å². The maximum absolute atomic E-state index is 11.8. The Bertz CT molecular complexity index is 957. The second-order valence-corrected chi connectivity index (χ2v) is 8.82. The number of Topliss-reactive ketones (excluding diaryl/α,β-unsaturated/α-hetero) is 1. The number of nitrogens with one attached hydrogen (secondary N) is 1. The average Bonchev–Trinajstić information content (AvgIpc) is 2.83. The van der Waals surface area contributed by atoms with Crippen molar-refractivity contribution in [2.45, 2.75) is 31.8 Å². The number of rotatable bonds is 6. The van der Waals surface area contributed by atoms with Gasteiger partial charge in [0.15, 0.2) is 5.78 Å². The smallest absolute Gasteiger partial charge is 0.167 e. The topological polar surface area (TPSA) is 62.2 Å². The molecule has 6 heteroatoms. The van der Waals surface area contributed by atoms with E-state index in [2.05, 4.69) is 10.3 Å². The number of pyridine rings is 1. The minimum absolute atomic E-state index is 0.0877. The van der Waals surface area contributed by atoms with Gasteiger partial charge in [-0.2, -0.15) is 0 Å². The summed E-state index contributed by atoms with van der Waals surface area (Å²) in [6.07, 6.45) is 6.31. The van der Waals surface area contributed by atoms with E-state index in [9.17, 15) is 9.90 Å². The first-order chi connectivity index (χ1) is 15.5. The number of ketones is 1. The Morgan fingerprint density at radius 3 is 2.00 bits per heavy atom. The van der Waals surface area contributed by atoms with E-state index in [4.69, 9.17) is 23.2 Å². The van der Waals surface area contributed by atoms with Crippen molar-refractivity contribution in [2.75, 3.05) is 13.1 Å². The average molecular weight is 471 g/mol. The zero-order valence-corrected chi connectivity index (χ0v) is 19.4. The van der Waals surface area contributed by atoms with Crippen LogP contribution in [0.1, 0.15) is 34.3 Å². The number of benzene rings is 2. The molecule has 0 aliphatic carbocycles. The van der Waals surface area contributed by atoms with Crippen molar-refractivity contribution < 1.29 is 9.90 Å². The summed E-state index contributed by atoms with van der Waals surface area (Å²) in [5.74, 6) is 0.529. The number of nitrogens with zero attached hydrogens (tertiary/aromatic N) is 1. The fraction of sp³-hybridized carbons (Fsp3) is 0.308. The Hall–Kier alpha value is -2.24. The number of aliphatic hydroxyl groups is 1. The summed E-state index contributed by atoms with van der Waals surface area (Å²) in [7, 11) is 0. The molecule has 1 saturated heterocycles. The summed E-state index contributed by atoms with van der Waals surface area (Å²) in [6.45, 7) is 2.06. The van der Waals surface area contributed by atoms with Crippen LogP contribution in [0.2, 0.25) is 10.0 Å². The monoisotopic (exact) mass is 470 g/mol. The molecule has 1 aliphatic rings. The van der Waals surface area contributed by atoms with Gasteiger partial charge in [-0.1, -0.05) is 47.5 Å². The van der Waals surface area contributed by atoms with Crippen LogP contribution in [0.15, 0.2) is 73.1 Å². The van der Waals surface area contributed by atoms with Crippen LogP contribution in [-0.4, -0.2) is 35.1 Å². The molecule has 1 unspecified atom stereocenters. The second-order valence-electron chi connectivity index (χ2n) is 7.95. The minimum atomic E-state index is -0.219. The second kappa shape index (κ2) is 12.7. The number of halogens is 2. The Balaban J connectivity index is 0.000000181. The van der Waals surface area contributed by atoms with E-state index >= 15 is 0 Å². The molecule has 2 N–H and O–H groups in total. The number of hydrogen-bond acceptors (Lipinski definition) is 4. The van der Waals surface area contributed by atoms with Crippen LogP contribution in [0.3, 0.4) is 0 Å². The van der Waals surface area contributed by atoms with E-state index in [-0.39, 0.29) is 11.9 Å². The zero-order valence-electron chi connectivity index (χ0n) is 17.9. The highest BCUT2D eigenvalue weighted by molar-refractivity contribution is 6.30. The summed E-state index contributed by atoms with van der Waals surface area (Å²) < 4.78 is 0. The molecule has 4 rings (SSSR count). The molecule has 2 aromatic carbocycles. The van der Waals surface area contributed by atoms with E-state index in [1.54, 1.807) is 36.7 Å². The van der Waals surface area contributed by atoms with E-state index in [1.807, 2.05) is 36.4 Å². The molecule has 1 atom stereocenters. The molecule has 4 nitrogen and oxygen atoms in total. The van der Waals surface area contributed by atoms with Gasteiger partial charge in [-0.05, 0) is 85.8 Å². The first kappa shape index (κ1) is 24.4. The number of carbonyl (C=O) groups excluding carboxylic acids is 1. The summed E-state index contributed by atoms with van der Waals surface area (Å²) in [5.41, 5.74) is 2.81. The van der Waals surface area contributed by atoms with E-state index in [0.717, 1.165) is 48.5 Å². The van der Waals surface area contributed by atoms with Crippen LogP contribution in [0, 0.1) is 5.92 Å². The third kappa shape index (κ3) is 8.03. The van der Waals surface area contributed by atoms with Crippen LogP contribution in [-0.2, 0) is 12.8 Å². The van der Waals surface area contributed by atoms with Crippen LogP contribution in [0.4, 0.5) is 0 Å². The molecule has 3 aromatic rings. The van der Waals surface area contributed by atoms with Crippen molar-refractivity contribution in [2.24, 2.45) is 5.92 Å². The molecule has 0 amide bonds. The standard InChI is InChI=1S/C13H18ClNO.C13H10ClNO/c2*14-12-3-1-10(2-4-12)9-13(16)11-5-7-15-8-6-11/h1-4,11,13,15-16H,5-9H2;1-8H,9H2. The van der Waals surface area contributed by atoms with E-state index in [1.165, 1.54) is 0 Å².